The first kappa shape index (κ1) is 14.5. The standard InChI is InChI=1S/C16H13NO4/c18-14(11-6-8-12(9-7-11)16(20)21)10-15(19)17-13-4-2-1-3-5-13/h1-9H,10H2,(H,17,19)(H,20,21). The molecule has 1 amide bonds. The highest BCUT2D eigenvalue weighted by atomic mass is 16.4. The SMILES string of the molecule is O=C(CC(=O)c1ccc(C(=O)O)cc1)Nc1ccccc1. The maximum absolute atomic E-state index is 11.9. The topological polar surface area (TPSA) is 83.5 Å². The minimum Gasteiger partial charge on any atom is -0.478 e. The van der Waals surface area contributed by atoms with Gasteiger partial charge in [0.2, 0.25) is 5.91 Å². The number of hydrogen-bond donors (Lipinski definition) is 2. The molecule has 0 aliphatic rings. The molecule has 0 fully saturated rings. The molecule has 5 nitrogen and oxygen atoms in total. The molecule has 0 aromatic heterocycles. The number of carbonyl (C=O) groups is 3. The molecule has 0 unspecified atom stereocenters. The van der Waals surface area contributed by atoms with Gasteiger partial charge in [-0.05, 0) is 24.3 Å². The maximum Gasteiger partial charge on any atom is 0.335 e. The molecule has 0 aliphatic carbocycles. The summed E-state index contributed by atoms with van der Waals surface area (Å²) in [5.41, 5.74) is 1.03. The minimum atomic E-state index is -1.06. The van der Waals surface area contributed by atoms with E-state index in [1.807, 2.05) is 6.07 Å². The number of aromatic carboxylic acids is 1. The largest absolute Gasteiger partial charge is 0.478 e. The van der Waals surface area contributed by atoms with Crippen molar-refractivity contribution in [2.45, 2.75) is 6.42 Å². The van der Waals surface area contributed by atoms with Crippen LogP contribution in [0.25, 0.3) is 0 Å². The molecular formula is C16H13NO4. The molecule has 2 aromatic rings. The van der Waals surface area contributed by atoms with Gasteiger partial charge in [0.05, 0.1) is 12.0 Å². The molecule has 0 saturated carbocycles. The summed E-state index contributed by atoms with van der Waals surface area (Å²) >= 11 is 0. The molecule has 2 rings (SSSR count). The van der Waals surface area contributed by atoms with Crippen LogP contribution in [0.5, 0.6) is 0 Å². The van der Waals surface area contributed by atoms with Crippen LogP contribution in [0.2, 0.25) is 0 Å². The number of hydrogen-bond acceptors (Lipinski definition) is 3. The Morgan fingerprint density at radius 1 is 0.857 bits per heavy atom. The Morgan fingerprint density at radius 3 is 2.00 bits per heavy atom. The van der Waals surface area contributed by atoms with Gasteiger partial charge in [0.15, 0.2) is 5.78 Å². The first-order valence-corrected chi connectivity index (χ1v) is 6.28. The van der Waals surface area contributed by atoms with Crippen LogP contribution >= 0.6 is 0 Å². The quantitative estimate of drug-likeness (QED) is 0.652. The van der Waals surface area contributed by atoms with Gasteiger partial charge in [-0.1, -0.05) is 30.3 Å². The Labute approximate surface area is 121 Å². The first-order valence-electron chi connectivity index (χ1n) is 6.28. The second kappa shape index (κ2) is 6.47. The van der Waals surface area contributed by atoms with Crippen LogP contribution in [0, 0.1) is 0 Å². The molecular weight excluding hydrogens is 270 g/mol. The number of amides is 1. The van der Waals surface area contributed by atoms with Crippen molar-refractivity contribution in [1.29, 1.82) is 0 Å². The van der Waals surface area contributed by atoms with Crippen molar-refractivity contribution < 1.29 is 19.5 Å². The van der Waals surface area contributed by atoms with Crippen molar-refractivity contribution >= 4 is 23.3 Å². The number of benzene rings is 2. The lowest BCUT2D eigenvalue weighted by Gasteiger charge is -2.05. The zero-order valence-electron chi connectivity index (χ0n) is 11.1. The predicted molar refractivity (Wildman–Crippen MR) is 77.4 cm³/mol. The number of nitrogens with one attached hydrogen (secondary N) is 1. The van der Waals surface area contributed by atoms with Gasteiger partial charge in [0.25, 0.3) is 0 Å². The highest BCUT2D eigenvalue weighted by Crippen LogP contribution is 2.09. The summed E-state index contributed by atoms with van der Waals surface area (Å²) in [6.45, 7) is 0. The van der Waals surface area contributed by atoms with Crippen molar-refractivity contribution in [3.8, 4) is 0 Å². The Balaban J connectivity index is 1.97. The van der Waals surface area contributed by atoms with Gasteiger partial charge in [-0.2, -0.15) is 0 Å². The summed E-state index contributed by atoms with van der Waals surface area (Å²) in [5.74, 6) is -1.83. The average Bonchev–Trinajstić information content (AvgIpc) is 2.48. The van der Waals surface area contributed by atoms with Crippen molar-refractivity contribution in [1.82, 2.24) is 0 Å². The highest BCUT2D eigenvalue weighted by molar-refractivity contribution is 6.11. The van der Waals surface area contributed by atoms with E-state index in [4.69, 9.17) is 5.11 Å². The smallest absolute Gasteiger partial charge is 0.335 e. The summed E-state index contributed by atoms with van der Waals surface area (Å²) in [7, 11) is 0. The van der Waals surface area contributed by atoms with Gasteiger partial charge < -0.3 is 10.4 Å². The molecule has 0 saturated heterocycles. The Bertz CT molecular complexity index is 662. The van der Waals surface area contributed by atoms with Gasteiger partial charge in [-0.25, -0.2) is 4.79 Å². The number of Topliss-reactive ketones (excluding diaryl/α,β-unsaturated/α-hetero) is 1. The maximum atomic E-state index is 11.9. The summed E-state index contributed by atoms with van der Waals surface area (Å²) in [6, 6.07) is 14.3. The second-order valence-electron chi connectivity index (χ2n) is 4.40. The molecule has 2 N–H and O–H groups in total. The van der Waals surface area contributed by atoms with E-state index >= 15 is 0 Å². The average molecular weight is 283 g/mol. The van der Waals surface area contributed by atoms with Crippen molar-refractivity contribution in [2.75, 3.05) is 5.32 Å². The van der Waals surface area contributed by atoms with E-state index in [0.717, 1.165) is 0 Å². The van der Waals surface area contributed by atoms with E-state index in [1.165, 1.54) is 24.3 Å². The molecule has 0 spiro atoms. The minimum absolute atomic E-state index is 0.0975. The molecule has 0 radical (unpaired) electrons. The third-order valence-electron chi connectivity index (χ3n) is 2.83. The van der Waals surface area contributed by atoms with Crippen LogP contribution in [0.1, 0.15) is 27.1 Å². The third-order valence-corrected chi connectivity index (χ3v) is 2.83. The Hall–Kier alpha value is -2.95. The van der Waals surface area contributed by atoms with E-state index in [2.05, 4.69) is 5.32 Å². The zero-order valence-corrected chi connectivity index (χ0v) is 11.1. The third kappa shape index (κ3) is 4.01. The number of rotatable bonds is 5. The lowest BCUT2D eigenvalue weighted by molar-refractivity contribution is -0.115. The van der Waals surface area contributed by atoms with Gasteiger partial charge in [-0.15, -0.1) is 0 Å². The molecule has 21 heavy (non-hydrogen) atoms. The number of ketones is 1. The first-order chi connectivity index (χ1) is 10.1. The number of carboxylic acids is 1. The lowest BCUT2D eigenvalue weighted by Crippen LogP contribution is -2.16. The van der Waals surface area contributed by atoms with Crippen LogP contribution in [-0.2, 0) is 4.79 Å². The summed E-state index contributed by atoms with van der Waals surface area (Å²) < 4.78 is 0. The normalized spacial score (nSPS) is 9.90. The van der Waals surface area contributed by atoms with Gasteiger partial charge >= 0.3 is 5.97 Å². The van der Waals surface area contributed by atoms with Crippen molar-refractivity contribution in [2.24, 2.45) is 0 Å². The molecule has 0 bridgehead atoms. The fourth-order valence-corrected chi connectivity index (χ4v) is 1.77. The van der Waals surface area contributed by atoms with E-state index in [1.54, 1.807) is 24.3 Å². The van der Waals surface area contributed by atoms with E-state index < -0.39 is 11.9 Å². The molecule has 0 atom stereocenters. The number of anilines is 1. The Kier molecular flexibility index (Phi) is 4.46. The van der Waals surface area contributed by atoms with Crippen molar-refractivity contribution in [3.05, 3.63) is 65.7 Å². The van der Waals surface area contributed by atoms with Gasteiger partial charge in [-0.3, -0.25) is 9.59 Å². The van der Waals surface area contributed by atoms with Crippen molar-refractivity contribution in [3.63, 3.8) is 0 Å². The number of carbonyl (C=O) groups excluding carboxylic acids is 2. The molecule has 106 valence electrons. The number of carboxylic acid groups (broad SMARTS) is 1. The molecule has 0 aliphatic heterocycles. The second-order valence-corrected chi connectivity index (χ2v) is 4.40. The van der Waals surface area contributed by atoms with E-state index in [9.17, 15) is 14.4 Å². The van der Waals surface area contributed by atoms with Crippen LogP contribution in [-0.4, -0.2) is 22.8 Å². The molecule has 5 heteroatoms. The van der Waals surface area contributed by atoms with Gasteiger partial charge in [0.1, 0.15) is 0 Å². The fraction of sp³-hybridized carbons (Fsp3) is 0.0625. The van der Waals surface area contributed by atoms with Gasteiger partial charge in [0, 0.05) is 11.3 Å². The van der Waals surface area contributed by atoms with Crippen LogP contribution < -0.4 is 5.32 Å². The number of para-hydroxylation sites is 1. The summed E-state index contributed by atoms with van der Waals surface area (Å²) in [5, 5.41) is 11.4. The van der Waals surface area contributed by atoms with Crippen LogP contribution in [0.4, 0.5) is 5.69 Å². The van der Waals surface area contributed by atoms with Crippen LogP contribution in [0.3, 0.4) is 0 Å². The molecule has 2 aromatic carbocycles. The summed E-state index contributed by atoms with van der Waals surface area (Å²) in [4.78, 5) is 34.4. The van der Waals surface area contributed by atoms with E-state index in [0.29, 0.717) is 11.3 Å². The predicted octanol–water partition coefficient (Wildman–Crippen LogP) is 2.60. The van der Waals surface area contributed by atoms with Crippen LogP contribution in [0.15, 0.2) is 54.6 Å². The lowest BCUT2D eigenvalue weighted by atomic mass is 10.1. The highest BCUT2D eigenvalue weighted by Gasteiger charge is 2.12. The van der Waals surface area contributed by atoms with E-state index in [-0.39, 0.29) is 17.8 Å². The Morgan fingerprint density at radius 2 is 1.43 bits per heavy atom. The zero-order chi connectivity index (χ0) is 15.2. The monoisotopic (exact) mass is 283 g/mol. The molecule has 0 heterocycles. The fourth-order valence-electron chi connectivity index (χ4n) is 1.77. The summed E-state index contributed by atoms with van der Waals surface area (Å²) in [6.07, 6.45) is -0.290.